The zero-order valence-corrected chi connectivity index (χ0v) is 10.3. The summed E-state index contributed by atoms with van der Waals surface area (Å²) in [4.78, 5) is 16.1. The lowest BCUT2D eigenvalue weighted by Crippen LogP contribution is -2.22. The zero-order chi connectivity index (χ0) is 13.2. The molecule has 96 valence electrons. The first-order valence-electron chi connectivity index (χ1n) is 5.86. The molecule has 0 radical (unpaired) electrons. The minimum atomic E-state index is -0.215. The molecule has 0 spiro atoms. The number of aromatic nitrogens is 3. The average molecular weight is 256 g/mol. The van der Waals surface area contributed by atoms with Gasteiger partial charge in [-0.1, -0.05) is 12.1 Å². The van der Waals surface area contributed by atoms with E-state index in [0.29, 0.717) is 11.5 Å². The molecule has 0 bridgehead atoms. The fraction of sp³-hybridized carbons (Fsp3) is 0.154. The molecule has 2 N–H and O–H groups in total. The molecule has 0 unspecified atom stereocenters. The Labute approximate surface area is 108 Å². The first-order chi connectivity index (χ1) is 9.24. The number of aryl methyl sites for hydroxylation is 1. The van der Waals surface area contributed by atoms with Crippen LogP contribution in [0, 0.1) is 6.92 Å². The minimum Gasteiger partial charge on any atom is -0.439 e. The SMILES string of the molecule is Cc1cccc2oc(CNC(=O)c3cn[nH]c3)nc12. The maximum absolute atomic E-state index is 11.7. The van der Waals surface area contributed by atoms with Gasteiger partial charge < -0.3 is 9.73 Å². The average Bonchev–Trinajstić information content (AvgIpc) is 3.05. The highest BCUT2D eigenvalue weighted by Gasteiger charge is 2.10. The van der Waals surface area contributed by atoms with E-state index in [1.807, 2.05) is 25.1 Å². The zero-order valence-electron chi connectivity index (χ0n) is 10.3. The molecule has 0 aliphatic rings. The summed E-state index contributed by atoms with van der Waals surface area (Å²) in [6, 6.07) is 5.74. The Bertz CT molecular complexity index is 715. The van der Waals surface area contributed by atoms with Crippen molar-refractivity contribution in [2.75, 3.05) is 0 Å². The second-order valence-electron chi connectivity index (χ2n) is 4.20. The summed E-state index contributed by atoms with van der Waals surface area (Å²) in [5, 5.41) is 9.03. The first-order valence-corrected chi connectivity index (χ1v) is 5.86. The number of carbonyl (C=O) groups is 1. The van der Waals surface area contributed by atoms with Gasteiger partial charge in [-0.05, 0) is 18.6 Å². The normalized spacial score (nSPS) is 10.8. The van der Waals surface area contributed by atoms with Crippen molar-refractivity contribution in [3.05, 3.63) is 47.6 Å². The fourth-order valence-electron chi connectivity index (χ4n) is 1.84. The second kappa shape index (κ2) is 4.56. The van der Waals surface area contributed by atoms with Crippen molar-refractivity contribution in [2.45, 2.75) is 13.5 Å². The molecule has 6 nitrogen and oxygen atoms in total. The fourth-order valence-corrected chi connectivity index (χ4v) is 1.84. The molecule has 0 saturated heterocycles. The van der Waals surface area contributed by atoms with Gasteiger partial charge in [-0.15, -0.1) is 0 Å². The van der Waals surface area contributed by atoms with E-state index in [1.54, 1.807) is 0 Å². The molecule has 0 atom stereocenters. The molecular formula is C13H12N4O2. The molecule has 0 saturated carbocycles. The van der Waals surface area contributed by atoms with Crippen molar-refractivity contribution in [2.24, 2.45) is 0 Å². The van der Waals surface area contributed by atoms with E-state index in [4.69, 9.17) is 4.42 Å². The number of aromatic amines is 1. The molecule has 0 aliphatic carbocycles. The van der Waals surface area contributed by atoms with Crippen molar-refractivity contribution < 1.29 is 9.21 Å². The Balaban J connectivity index is 1.75. The van der Waals surface area contributed by atoms with E-state index in [9.17, 15) is 4.79 Å². The van der Waals surface area contributed by atoms with Gasteiger partial charge in [0.2, 0.25) is 5.89 Å². The minimum absolute atomic E-state index is 0.215. The van der Waals surface area contributed by atoms with Crippen LogP contribution in [0.15, 0.2) is 35.0 Å². The van der Waals surface area contributed by atoms with E-state index in [1.165, 1.54) is 12.4 Å². The topological polar surface area (TPSA) is 83.8 Å². The van der Waals surface area contributed by atoms with Crippen LogP contribution in [-0.4, -0.2) is 21.1 Å². The van der Waals surface area contributed by atoms with E-state index in [-0.39, 0.29) is 12.5 Å². The van der Waals surface area contributed by atoms with Crippen LogP contribution in [-0.2, 0) is 6.54 Å². The highest BCUT2D eigenvalue weighted by atomic mass is 16.3. The van der Waals surface area contributed by atoms with Crippen LogP contribution in [0.25, 0.3) is 11.1 Å². The van der Waals surface area contributed by atoms with Crippen molar-refractivity contribution in [3.8, 4) is 0 Å². The Morgan fingerprint density at radius 1 is 1.47 bits per heavy atom. The van der Waals surface area contributed by atoms with Gasteiger partial charge in [-0.2, -0.15) is 5.10 Å². The Morgan fingerprint density at radius 2 is 2.37 bits per heavy atom. The summed E-state index contributed by atoms with van der Waals surface area (Å²) in [6.45, 7) is 2.22. The predicted octanol–water partition coefficient (Wildman–Crippen LogP) is 1.79. The highest BCUT2D eigenvalue weighted by molar-refractivity contribution is 5.93. The van der Waals surface area contributed by atoms with E-state index in [0.717, 1.165) is 16.7 Å². The molecule has 2 heterocycles. The lowest BCUT2D eigenvalue weighted by molar-refractivity contribution is 0.0947. The molecule has 19 heavy (non-hydrogen) atoms. The van der Waals surface area contributed by atoms with E-state index in [2.05, 4.69) is 20.5 Å². The van der Waals surface area contributed by atoms with Crippen LogP contribution in [0.1, 0.15) is 21.8 Å². The third kappa shape index (κ3) is 2.20. The van der Waals surface area contributed by atoms with Crippen LogP contribution >= 0.6 is 0 Å². The molecular weight excluding hydrogens is 244 g/mol. The number of hydrogen-bond acceptors (Lipinski definition) is 4. The molecule has 1 amide bonds. The number of para-hydroxylation sites is 1. The number of carbonyl (C=O) groups excluding carboxylic acids is 1. The number of nitrogens with one attached hydrogen (secondary N) is 2. The van der Waals surface area contributed by atoms with Gasteiger partial charge in [0.1, 0.15) is 5.52 Å². The van der Waals surface area contributed by atoms with Crippen molar-refractivity contribution in [1.29, 1.82) is 0 Å². The third-order valence-electron chi connectivity index (χ3n) is 2.83. The molecule has 0 aliphatic heterocycles. The van der Waals surface area contributed by atoms with E-state index >= 15 is 0 Å². The number of H-pyrrole nitrogens is 1. The quantitative estimate of drug-likeness (QED) is 0.748. The number of oxazole rings is 1. The van der Waals surface area contributed by atoms with Gasteiger partial charge in [-0.3, -0.25) is 9.89 Å². The van der Waals surface area contributed by atoms with Crippen molar-refractivity contribution in [3.63, 3.8) is 0 Å². The third-order valence-corrected chi connectivity index (χ3v) is 2.83. The molecule has 2 aromatic heterocycles. The van der Waals surface area contributed by atoms with Crippen molar-refractivity contribution in [1.82, 2.24) is 20.5 Å². The van der Waals surface area contributed by atoms with E-state index < -0.39 is 0 Å². The maximum Gasteiger partial charge on any atom is 0.254 e. The monoisotopic (exact) mass is 256 g/mol. The summed E-state index contributed by atoms with van der Waals surface area (Å²) < 4.78 is 5.57. The Kier molecular flexibility index (Phi) is 2.75. The lowest BCUT2D eigenvalue weighted by Gasteiger charge is -1.98. The molecule has 6 heteroatoms. The second-order valence-corrected chi connectivity index (χ2v) is 4.20. The molecule has 3 aromatic rings. The molecule has 0 fully saturated rings. The number of benzene rings is 1. The van der Waals surface area contributed by atoms with Gasteiger partial charge in [0.05, 0.1) is 18.3 Å². The highest BCUT2D eigenvalue weighted by Crippen LogP contribution is 2.18. The smallest absolute Gasteiger partial charge is 0.254 e. The largest absolute Gasteiger partial charge is 0.439 e. The number of amides is 1. The number of hydrogen-bond donors (Lipinski definition) is 2. The van der Waals surface area contributed by atoms with Crippen LogP contribution in [0.2, 0.25) is 0 Å². The van der Waals surface area contributed by atoms with Gasteiger partial charge in [-0.25, -0.2) is 4.98 Å². The summed E-state index contributed by atoms with van der Waals surface area (Å²) in [7, 11) is 0. The Hall–Kier alpha value is -2.63. The first kappa shape index (κ1) is 11.5. The van der Waals surface area contributed by atoms with Crippen LogP contribution in [0.3, 0.4) is 0 Å². The predicted molar refractivity (Wildman–Crippen MR) is 68.5 cm³/mol. The lowest BCUT2D eigenvalue weighted by atomic mass is 10.2. The van der Waals surface area contributed by atoms with Crippen LogP contribution < -0.4 is 5.32 Å². The van der Waals surface area contributed by atoms with Crippen molar-refractivity contribution >= 4 is 17.0 Å². The van der Waals surface area contributed by atoms with Gasteiger partial charge >= 0.3 is 0 Å². The van der Waals surface area contributed by atoms with Crippen LogP contribution in [0.5, 0.6) is 0 Å². The maximum atomic E-state index is 11.7. The summed E-state index contributed by atoms with van der Waals surface area (Å²) in [5.41, 5.74) is 3.09. The standard InChI is InChI=1S/C13H12N4O2/c1-8-3-2-4-10-12(8)17-11(19-10)7-14-13(18)9-5-15-16-6-9/h2-6H,7H2,1H3,(H,14,18)(H,15,16). The van der Waals surface area contributed by atoms with Crippen LogP contribution in [0.4, 0.5) is 0 Å². The van der Waals surface area contributed by atoms with Gasteiger partial charge in [0, 0.05) is 6.20 Å². The number of rotatable bonds is 3. The van der Waals surface area contributed by atoms with Gasteiger partial charge in [0.15, 0.2) is 5.58 Å². The summed E-state index contributed by atoms with van der Waals surface area (Å²) >= 11 is 0. The summed E-state index contributed by atoms with van der Waals surface area (Å²) in [6.07, 6.45) is 3.00. The molecule has 3 rings (SSSR count). The van der Waals surface area contributed by atoms with Gasteiger partial charge in [0.25, 0.3) is 5.91 Å². The summed E-state index contributed by atoms with van der Waals surface area (Å²) in [5.74, 6) is 0.272. The molecule has 1 aromatic carbocycles. The Morgan fingerprint density at radius 3 is 3.11 bits per heavy atom. The number of fused-ring (bicyclic) bond motifs is 1. The number of nitrogens with zero attached hydrogens (tertiary/aromatic N) is 2.